The van der Waals surface area contributed by atoms with Crippen LogP contribution in [0.15, 0.2) is 66.7 Å². The number of anilines is 2. The molecule has 5 heteroatoms. The zero-order valence-electron chi connectivity index (χ0n) is 19.3. The summed E-state index contributed by atoms with van der Waals surface area (Å²) in [6.07, 6.45) is 2.03. The lowest BCUT2D eigenvalue weighted by Crippen LogP contribution is -2.46. The monoisotopic (exact) mass is 443 g/mol. The van der Waals surface area contributed by atoms with E-state index >= 15 is 0 Å². The summed E-state index contributed by atoms with van der Waals surface area (Å²) in [4.78, 5) is 17.6. The van der Waals surface area contributed by atoms with Crippen molar-refractivity contribution in [1.82, 2.24) is 4.90 Å². The third-order valence-electron chi connectivity index (χ3n) is 7.14. The van der Waals surface area contributed by atoms with Crippen molar-refractivity contribution in [2.45, 2.75) is 38.6 Å². The molecule has 2 heterocycles. The number of piperidine rings is 1. The Kier molecular flexibility index (Phi) is 5.67. The quantitative estimate of drug-likeness (QED) is 0.537. The maximum atomic E-state index is 13.6. The number of nitrogens with zero attached hydrogens (tertiary/aromatic N) is 2. The minimum Gasteiger partial charge on any atom is -0.307 e. The van der Waals surface area contributed by atoms with Gasteiger partial charge in [-0.05, 0) is 75.2 Å². The van der Waals surface area contributed by atoms with Crippen molar-refractivity contribution in [1.29, 1.82) is 0 Å². The fourth-order valence-corrected chi connectivity index (χ4v) is 5.24. The largest absolute Gasteiger partial charge is 0.326 e. The third kappa shape index (κ3) is 4.38. The van der Waals surface area contributed by atoms with Crippen LogP contribution in [0.3, 0.4) is 0 Å². The van der Waals surface area contributed by atoms with Crippen molar-refractivity contribution in [3.8, 4) is 0 Å². The van der Waals surface area contributed by atoms with Crippen LogP contribution in [0.5, 0.6) is 0 Å². The molecule has 1 fully saturated rings. The van der Waals surface area contributed by atoms with Gasteiger partial charge in [-0.2, -0.15) is 0 Å². The first-order valence-electron chi connectivity index (χ1n) is 11.7. The highest BCUT2D eigenvalue weighted by Gasteiger charge is 2.46. The second kappa shape index (κ2) is 8.64. The van der Waals surface area contributed by atoms with Crippen LogP contribution in [0.25, 0.3) is 0 Å². The van der Waals surface area contributed by atoms with E-state index in [4.69, 9.17) is 0 Å². The average molecular weight is 444 g/mol. The maximum Gasteiger partial charge on any atom is 0.326 e. The number of carbonyl (C=O) groups excluding carboxylic acids is 1. The zero-order valence-corrected chi connectivity index (χ0v) is 19.3. The lowest BCUT2D eigenvalue weighted by molar-refractivity contribution is 0.160. The summed E-state index contributed by atoms with van der Waals surface area (Å²) in [5, 5.41) is 2.88. The van der Waals surface area contributed by atoms with E-state index in [2.05, 4.69) is 66.5 Å². The number of aryl methyl sites for hydroxylation is 2. The van der Waals surface area contributed by atoms with Crippen molar-refractivity contribution in [2.24, 2.45) is 0 Å². The number of halogens is 1. The van der Waals surface area contributed by atoms with E-state index in [0.717, 1.165) is 38.2 Å². The van der Waals surface area contributed by atoms with Gasteiger partial charge >= 0.3 is 6.03 Å². The molecule has 1 saturated heterocycles. The molecule has 0 radical (unpaired) electrons. The third-order valence-corrected chi connectivity index (χ3v) is 7.14. The molecular weight excluding hydrogens is 413 g/mol. The van der Waals surface area contributed by atoms with Crippen molar-refractivity contribution in [2.75, 3.05) is 29.9 Å². The van der Waals surface area contributed by atoms with E-state index in [-0.39, 0.29) is 17.3 Å². The molecule has 1 N–H and O–H groups in total. The summed E-state index contributed by atoms with van der Waals surface area (Å²) in [5.74, 6) is -0.359. The Morgan fingerprint density at radius 1 is 0.970 bits per heavy atom. The Balaban J connectivity index is 1.34. The van der Waals surface area contributed by atoms with Gasteiger partial charge in [0.25, 0.3) is 0 Å². The molecule has 170 valence electrons. The van der Waals surface area contributed by atoms with Gasteiger partial charge in [-0.3, -0.25) is 9.80 Å². The number of hydrogen-bond donors (Lipinski definition) is 1. The topological polar surface area (TPSA) is 35.6 Å². The maximum absolute atomic E-state index is 13.6. The van der Waals surface area contributed by atoms with Gasteiger partial charge in [0, 0.05) is 29.9 Å². The Hall–Kier alpha value is -3.18. The van der Waals surface area contributed by atoms with Crippen molar-refractivity contribution in [3.05, 3.63) is 94.8 Å². The number of fused-ring (bicyclic) bond motifs is 2. The molecule has 0 aliphatic carbocycles. The lowest BCUT2D eigenvalue weighted by atomic mass is 9.74. The highest BCUT2D eigenvalue weighted by molar-refractivity contribution is 6.03. The summed E-state index contributed by atoms with van der Waals surface area (Å²) in [6, 6.07) is 21.0. The van der Waals surface area contributed by atoms with Gasteiger partial charge < -0.3 is 5.32 Å². The van der Waals surface area contributed by atoms with Gasteiger partial charge in [-0.1, -0.05) is 53.6 Å². The van der Waals surface area contributed by atoms with Crippen molar-refractivity contribution >= 4 is 17.4 Å². The van der Waals surface area contributed by atoms with Gasteiger partial charge in [0.15, 0.2) is 0 Å². The van der Waals surface area contributed by atoms with Gasteiger partial charge in [-0.25, -0.2) is 9.18 Å². The first-order chi connectivity index (χ1) is 15.9. The van der Waals surface area contributed by atoms with Crippen LogP contribution in [-0.4, -0.2) is 30.6 Å². The summed E-state index contributed by atoms with van der Waals surface area (Å²) >= 11 is 0. The molecule has 1 spiro atoms. The van der Waals surface area contributed by atoms with E-state index in [1.54, 1.807) is 12.1 Å². The predicted molar refractivity (Wildman–Crippen MR) is 131 cm³/mol. The van der Waals surface area contributed by atoms with Crippen LogP contribution >= 0.6 is 0 Å². The predicted octanol–water partition coefficient (Wildman–Crippen LogP) is 6.03. The number of likely N-dealkylation sites (tertiary alicyclic amines) is 1. The van der Waals surface area contributed by atoms with E-state index in [0.29, 0.717) is 12.2 Å². The molecule has 2 aliphatic rings. The number of urea groups is 1. The van der Waals surface area contributed by atoms with Crippen LogP contribution < -0.4 is 10.2 Å². The standard InChI is InChI=1S/C28H30FN3O/c1-20-6-9-22(10-7-20)18-31-14-12-28(13-15-31)19-32(26-11-8-21(2)16-25(26)28)27(33)30-24-5-3-4-23(29)17-24/h3-11,16-17H,12-15,18-19H2,1-2H3,(H,30,33). The summed E-state index contributed by atoms with van der Waals surface area (Å²) < 4.78 is 13.6. The summed E-state index contributed by atoms with van der Waals surface area (Å²) in [7, 11) is 0. The first-order valence-corrected chi connectivity index (χ1v) is 11.7. The van der Waals surface area contributed by atoms with E-state index in [9.17, 15) is 9.18 Å². The minimum atomic E-state index is -0.359. The Morgan fingerprint density at radius 3 is 2.42 bits per heavy atom. The first kappa shape index (κ1) is 21.7. The number of rotatable bonds is 3. The molecule has 2 aliphatic heterocycles. The molecule has 5 rings (SSSR count). The molecule has 4 nitrogen and oxygen atoms in total. The average Bonchev–Trinajstić information content (AvgIpc) is 3.10. The Labute approximate surface area is 195 Å². The molecule has 3 aromatic carbocycles. The highest BCUT2D eigenvalue weighted by Crippen LogP contribution is 2.47. The fraction of sp³-hybridized carbons (Fsp3) is 0.321. The molecular formula is C28H30FN3O. The Bertz CT molecular complexity index is 1170. The number of amides is 2. The van der Waals surface area contributed by atoms with Gasteiger partial charge in [0.2, 0.25) is 0 Å². The smallest absolute Gasteiger partial charge is 0.307 e. The van der Waals surface area contributed by atoms with Crippen LogP contribution in [0.2, 0.25) is 0 Å². The summed E-state index contributed by atoms with van der Waals surface area (Å²) in [6.45, 7) is 7.84. The zero-order chi connectivity index (χ0) is 23.0. The fourth-order valence-electron chi connectivity index (χ4n) is 5.24. The van der Waals surface area contributed by atoms with Crippen LogP contribution in [0, 0.1) is 19.7 Å². The van der Waals surface area contributed by atoms with Crippen LogP contribution in [-0.2, 0) is 12.0 Å². The Morgan fingerprint density at radius 2 is 1.70 bits per heavy atom. The van der Waals surface area contributed by atoms with E-state index in [1.165, 1.54) is 34.4 Å². The highest BCUT2D eigenvalue weighted by atomic mass is 19.1. The number of benzene rings is 3. The normalized spacial score (nSPS) is 17.2. The molecule has 0 aromatic heterocycles. The number of hydrogen-bond acceptors (Lipinski definition) is 2. The van der Waals surface area contributed by atoms with Crippen LogP contribution in [0.1, 0.15) is 35.1 Å². The second-order valence-electron chi connectivity index (χ2n) is 9.59. The molecule has 0 unspecified atom stereocenters. The lowest BCUT2D eigenvalue weighted by Gasteiger charge is -2.40. The molecule has 0 atom stereocenters. The minimum absolute atomic E-state index is 0.0373. The van der Waals surface area contributed by atoms with Gasteiger partial charge in [0.1, 0.15) is 5.82 Å². The van der Waals surface area contributed by atoms with E-state index < -0.39 is 0 Å². The molecule has 33 heavy (non-hydrogen) atoms. The van der Waals surface area contributed by atoms with Gasteiger partial charge in [-0.15, -0.1) is 0 Å². The van der Waals surface area contributed by atoms with Crippen molar-refractivity contribution < 1.29 is 9.18 Å². The number of nitrogens with one attached hydrogen (secondary N) is 1. The molecule has 2 amide bonds. The summed E-state index contributed by atoms with van der Waals surface area (Å²) in [5.41, 5.74) is 6.52. The van der Waals surface area contributed by atoms with Gasteiger partial charge in [0.05, 0.1) is 0 Å². The molecule has 0 saturated carbocycles. The van der Waals surface area contributed by atoms with Crippen molar-refractivity contribution in [3.63, 3.8) is 0 Å². The van der Waals surface area contributed by atoms with Crippen LogP contribution in [0.4, 0.5) is 20.6 Å². The second-order valence-corrected chi connectivity index (χ2v) is 9.59. The van der Waals surface area contributed by atoms with E-state index in [1.807, 2.05) is 4.90 Å². The molecule has 0 bridgehead atoms. The molecule has 3 aromatic rings. The SMILES string of the molecule is Cc1ccc(CN2CCC3(CC2)CN(C(=O)Nc2cccc(F)c2)c2ccc(C)cc23)cc1. The number of carbonyl (C=O) groups is 1.